The molecule has 2 aromatic heterocycles. The minimum Gasteiger partial charge on any atom is -0.372 e. The van der Waals surface area contributed by atoms with Crippen LogP contribution in [0.5, 0.6) is 0 Å². The highest BCUT2D eigenvalue weighted by atomic mass is 16.1. The lowest BCUT2D eigenvalue weighted by Gasteiger charge is -2.17. The predicted octanol–water partition coefficient (Wildman–Crippen LogP) is 0.0815. The van der Waals surface area contributed by atoms with Crippen LogP contribution in [0.3, 0.4) is 0 Å². The summed E-state index contributed by atoms with van der Waals surface area (Å²) in [6.07, 6.45) is 5.10. The third-order valence-corrected chi connectivity index (χ3v) is 2.82. The van der Waals surface area contributed by atoms with Crippen molar-refractivity contribution < 1.29 is 0 Å². The van der Waals surface area contributed by atoms with Crippen LogP contribution in [0.1, 0.15) is 5.56 Å². The average Bonchev–Trinajstić information content (AvgIpc) is 2.42. The molecule has 0 aromatic carbocycles. The van der Waals surface area contributed by atoms with Crippen molar-refractivity contribution in [3.05, 3.63) is 52.7 Å². The van der Waals surface area contributed by atoms with E-state index in [2.05, 4.69) is 10.1 Å². The molecule has 0 saturated heterocycles. The van der Waals surface area contributed by atoms with Crippen LogP contribution in [0.2, 0.25) is 0 Å². The van der Waals surface area contributed by atoms with Gasteiger partial charge in [-0.05, 0) is 11.6 Å². The Morgan fingerprint density at radius 1 is 1.42 bits per heavy atom. The predicted molar refractivity (Wildman–Crippen MR) is 74.2 cm³/mol. The summed E-state index contributed by atoms with van der Waals surface area (Å²) in [5.74, 6) is 0. The average molecular weight is 259 g/mol. The summed E-state index contributed by atoms with van der Waals surface area (Å²) in [6, 6.07) is 5.32. The second-order valence-corrected chi connectivity index (χ2v) is 4.28. The maximum Gasteiger partial charge on any atom is 0.269 e. The van der Waals surface area contributed by atoms with Gasteiger partial charge in [0.15, 0.2) is 0 Å². The highest BCUT2D eigenvalue weighted by molar-refractivity contribution is 5.41. The number of rotatable bonds is 5. The summed E-state index contributed by atoms with van der Waals surface area (Å²) in [7, 11) is 1.88. The molecule has 0 fully saturated rings. The standard InChI is InChI=1S/C13H17N5O/c1-17(6-4-14)12-7-13(19)18(16-9-12)10-11-3-2-5-15-8-11/h2-3,5,7-9H,4,6,10,14H2,1H3. The van der Waals surface area contributed by atoms with Gasteiger partial charge in [0, 0.05) is 38.6 Å². The first-order valence-electron chi connectivity index (χ1n) is 6.08. The van der Waals surface area contributed by atoms with E-state index in [0.29, 0.717) is 19.6 Å². The molecule has 0 radical (unpaired) electrons. The van der Waals surface area contributed by atoms with E-state index in [-0.39, 0.29) is 5.56 Å². The van der Waals surface area contributed by atoms with Crippen molar-refractivity contribution in [1.29, 1.82) is 0 Å². The fourth-order valence-electron chi connectivity index (χ4n) is 1.74. The van der Waals surface area contributed by atoms with Gasteiger partial charge in [0.1, 0.15) is 0 Å². The Bertz CT molecular complexity index is 581. The van der Waals surface area contributed by atoms with Crippen molar-refractivity contribution in [2.45, 2.75) is 6.54 Å². The van der Waals surface area contributed by atoms with E-state index in [0.717, 1.165) is 11.3 Å². The van der Waals surface area contributed by atoms with E-state index in [1.807, 2.05) is 24.1 Å². The number of likely N-dealkylation sites (N-methyl/N-ethyl adjacent to an activating group) is 1. The molecule has 2 N–H and O–H groups in total. The number of aromatic nitrogens is 3. The van der Waals surface area contributed by atoms with Crippen LogP contribution in [0.25, 0.3) is 0 Å². The van der Waals surface area contributed by atoms with Crippen LogP contribution in [0, 0.1) is 0 Å². The molecule has 100 valence electrons. The third kappa shape index (κ3) is 3.38. The summed E-state index contributed by atoms with van der Waals surface area (Å²) >= 11 is 0. The van der Waals surface area contributed by atoms with Crippen LogP contribution >= 0.6 is 0 Å². The van der Waals surface area contributed by atoms with Crippen molar-refractivity contribution in [2.75, 3.05) is 25.0 Å². The zero-order chi connectivity index (χ0) is 13.7. The van der Waals surface area contributed by atoms with Crippen LogP contribution in [-0.4, -0.2) is 34.9 Å². The fraction of sp³-hybridized carbons (Fsp3) is 0.308. The summed E-state index contributed by atoms with van der Waals surface area (Å²) in [4.78, 5) is 17.9. The number of hydrogen-bond donors (Lipinski definition) is 1. The smallest absolute Gasteiger partial charge is 0.269 e. The second-order valence-electron chi connectivity index (χ2n) is 4.28. The molecule has 2 rings (SSSR count). The topological polar surface area (TPSA) is 77.0 Å². The molecule has 0 unspecified atom stereocenters. The molecule has 2 aromatic rings. The SMILES string of the molecule is CN(CCN)c1cnn(Cc2cccnc2)c(=O)c1. The monoisotopic (exact) mass is 259 g/mol. The zero-order valence-corrected chi connectivity index (χ0v) is 10.9. The molecule has 6 heteroatoms. The lowest BCUT2D eigenvalue weighted by Crippen LogP contribution is -2.29. The highest BCUT2D eigenvalue weighted by Gasteiger charge is 2.04. The van der Waals surface area contributed by atoms with Crippen molar-refractivity contribution in [3.63, 3.8) is 0 Å². The Hall–Kier alpha value is -2.21. The number of nitrogens with two attached hydrogens (primary N) is 1. The van der Waals surface area contributed by atoms with Gasteiger partial charge in [-0.25, -0.2) is 4.68 Å². The number of anilines is 1. The molecule has 0 atom stereocenters. The lowest BCUT2D eigenvalue weighted by molar-refractivity contribution is 0.635. The van der Waals surface area contributed by atoms with Crippen LogP contribution in [0.4, 0.5) is 5.69 Å². The lowest BCUT2D eigenvalue weighted by atomic mass is 10.3. The zero-order valence-electron chi connectivity index (χ0n) is 10.9. The summed E-state index contributed by atoms with van der Waals surface area (Å²) in [5.41, 5.74) is 7.07. The van der Waals surface area contributed by atoms with E-state index in [1.54, 1.807) is 24.7 Å². The Balaban J connectivity index is 2.18. The first-order valence-corrected chi connectivity index (χ1v) is 6.08. The Morgan fingerprint density at radius 2 is 2.26 bits per heavy atom. The van der Waals surface area contributed by atoms with E-state index >= 15 is 0 Å². The molecule has 0 saturated carbocycles. The van der Waals surface area contributed by atoms with E-state index < -0.39 is 0 Å². The van der Waals surface area contributed by atoms with Crippen molar-refractivity contribution >= 4 is 5.69 Å². The van der Waals surface area contributed by atoms with Crippen LogP contribution in [-0.2, 0) is 6.54 Å². The molecular weight excluding hydrogens is 242 g/mol. The second kappa shape index (κ2) is 6.10. The van der Waals surface area contributed by atoms with Crippen molar-refractivity contribution in [1.82, 2.24) is 14.8 Å². The van der Waals surface area contributed by atoms with E-state index in [4.69, 9.17) is 5.73 Å². The minimum atomic E-state index is -0.134. The molecule has 0 aliphatic carbocycles. The molecule has 2 heterocycles. The van der Waals surface area contributed by atoms with Gasteiger partial charge in [0.05, 0.1) is 18.4 Å². The molecule has 19 heavy (non-hydrogen) atoms. The summed E-state index contributed by atoms with van der Waals surface area (Å²) in [6.45, 7) is 1.65. The molecular formula is C13H17N5O. The molecule has 0 amide bonds. The largest absolute Gasteiger partial charge is 0.372 e. The third-order valence-electron chi connectivity index (χ3n) is 2.82. The van der Waals surface area contributed by atoms with E-state index in [1.165, 1.54) is 4.68 Å². The van der Waals surface area contributed by atoms with Gasteiger partial charge < -0.3 is 10.6 Å². The first-order chi connectivity index (χ1) is 9.20. The first kappa shape index (κ1) is 13.2. The van der Waals surface area contributed by atoms with Gasteiger partial charge in [0.2, 0.25) is 0 Å². The normalized spacial score (nSPS) is 10.4. The maximum atomic E-state index is 12.0. The summed E-state index contributed by atoms with van der Waals surface area (Å²) in [5, 5.41) is 4.17. The Kier molecular flexibility index (Phi) is 4.25. The molecule has 0 aliphatic heterocycles. The Morgan fingerprint density at radius 3 is 2.89 bits per heavy atom. The number of pyridine rings is 1. The quantitative estimate of drug-likeness (QED) is 0.823. The van der Waals surface area contributed by atoms with Crippen LogP contribution in [0.15, 0.2) is 41.6 Å². The maximum absolute atomic E-state index is 12.0. The number of hydrogen-bond acceptors (Lipinski definition) is 5. The van der Waals surface area contributed by atoms with Crippen molar-refractivity contribution in [2.24, 2.45) is 5.73 Å². The van der Waals surface area contributed by atoms with Crippen LogP contribution < -0.4 is 16.2 Å². The fourth-order valence-corrected chi connectivity index (χ4v) is 1.74. The minimum absolute atomic E-state index is 0.134. The highest BCUT2D eigenvalue weighted by Crippen LogP contribution is 2.06. The number of nitrogens with zero attached hydrogens (tertiary/aromatic N) is 4. The molecule has 0 bridgehead atoms. The van der Waals surface area contributed by atoms with Gasteiger partial charge in [-0.3, -0.25) is 9.78 Å². The van der Waals surface area contributed by atoms with E-state index in [9.17, 15) is 4.79 Å². The van der Waals surface area contributed by atoms with Gasteiger partial charge in [-0.15, -0.1) is 0 Å². The Labute approximate surface area is 111 Å². The molecule has 0 spiro atoms. The van der Waals surface area contributed by atoms with Gasteiger partial charge in [-0.1, -0.05) is 6.07 Å². The van der Waals surface area contributed by atoms with Gasteiger partial charge in [0.25, 0.3) is 5.56 Å². The van der Waals surface area contributed by atoms with Crippen molar-refractivity contribution in [3.8, 4) is 0 Å². The molecule has 0 aliphatic rings. The van der Waals surface area contributed by atoms with Gasteiger partial charge >= 0.3 is 0 Å². The van der Waals surface area contributed by atoms with Gasteiger partial charge in [-0.2, -0.15) is 5.10 Å². The summed E-state index contributed by atoms with van der Waals surface area (Å²) < 4.78 is 1.41. The molecule has 6 nitrogen and oxygen atoms in total.